The molecule has 4 aliphatic heterocycles. The Morgan fingerprint density at radius 2 is 2.08 bits per heavy atom. The van der Waals surface area contributed by atoms with Crippen molar-refractivity contribution in [3.63, 3.8) is 0 Å². The van der Waals surface area contributed by atoms with Crippen LogP contribution in [0.5, 0.6) is 0 Å². The molecule has 7 heteroatoms. The van der Waals surface area contributed by atoms with Gasteiger partial charge in [-0.05, 0) is 43.4 Å². The molecule has 0 aromatic carbocycles. The van der Waals surface area contributed by atoms with Crippen molar-refractivity contribution < 1.29 is 4.74 Å². The van der Waals surface area contributed by atoms with Crippen molar-refractivity contribution in [2.24, 2.45) is 11.8 Å². The number of hydrogen-bond acceptors (Lipinski definition) is 5. The van der Waals surface area contributed by atoms with E-state index >= 15 is 0 Å². The largest absolute Gasteiger partial charge is 0.383 e. The number of methoxy groups -OCH3 is 1. The summed E-state index contributed by atoms with van der Waals surface area (Å²) in [6, 6.07) is 0.652. The van der Waals surface area contributed by atoms with Gasteiger partial charge in [0.05, 0.1) is 6.61 Å². The van der Waals surface area contributed by atoms with E-state index in [0.717, 1.165) is 30.0 Å². The highest BCUT2D eigenvalue weighted by Crippen LogP contribution is 2.36. The van der Waals surface area contributed by atoms with Gasteiger partial charge in [-0.3, -0.25) is 4.90 Å². The Morgan fingerprint density at radius 1 is 1.25 bits per heavy atom. The van der Waals surface area contributed by atoms with Gasteiger partial charge in [-0.25, -0.2) is 0 Å². The predicted octanol–water partition coefficient (Wildman–Crippen LogP) is 0.856. The fourth-order valence-corrected chi connectivity index (χ4v) is 5.49. The van der Waals surface area contributed by atoms with Gasteiger partial charge in [0, 0.05) is 63.9 Å². The highest BCUT2D eigenvalue weighted by molar-refractivity contribution is 7.99. The monoisotopic (exact) mass is 372 g/mol. The Kier molecular flexibility index (Phi) is 7.46. The zero-order valence-electron chi connectivity index (χ0n) is 14.8. The molecule has 4 aliphatic rings. The third-order valence-corrected chi connectivity index (χ3v) is 6.93. The van der Waals surface area contributed by atoms with Crippen molar-refractivity contribution in [2.45, 2.75) is 18.9 Å². The summed E-state index contributed by atoms with van der Waals surface area (Å²) in [5, 5.41) is 7.36. The number of fused-ring (bicyclic) bond motifs is 3. The molecule has 0 radical (unpaired) electrons. The molecule has 0 aliphatic carbocycles. The molecular weight excluding hydrogens is 340 g/mol. The number of ether oxygens (including phenoxy) is 1. The smallest absolute Gasteiger partial charge is 0.166 e. The second-order valence-electron chi connectivity index (χ2n) is 7.24. The van der Waals surface area contributed by atoms with Gasteiger partial charge in [0.2, 0.25) is 0 Å². The standard InChI is InChI=1S/C17H32N4OS2/c1-22-7-3-18-17(23)19-11-16-10-14-2-4-21(16)13-15(14)12-20-5-8-24-9-6-20/h14-16H,2-13H2,1H3,(H2,18,19,23)/t14-,15-,16+/m0/s1. The number of rotatable bonds is 7. The first-order valence-electron chi connectivity index (χ1n) is 9.31. The molecule has 4 heterocycles. The summed E-state index contributed by atoms with van der Waals surface area (Å²) >= 11 is 7.45. The number of thioether (sulfide) groups is 1. The van der Waals surface area contributed by atoms with Crippen LogP contribution in [0.25, 0.3) is 0 Å². The average molecular weight is 373 g/mol. The van der Waals surface area contributed by atoms with Crippen LogP contribution in [-0.4, -0.2) is 92.0 Å². The predicted molar refractivity (Wildman–Crippen MR) is 106 cm³/mol. The number of nitrogens with zero attached hydrogens (tertiary/aromatic N) is 2. The molecule has 1 unspecified atom stereocenters. The lowest BCUT2D eigenvalue weighted by atomic mass is 9.75. The summed E-state index contributed by atoms with van der Waals surface area (Å²) < 4.78 is 5.04. The maximum absolute atomic E-state index is 5.35. The second-order valence-corrected chi connectivity index (χ2v) is 8.87. The average Bonchev–Trinajstić information content (AvgIpc) is 2.62. The molecule has 4 saturated heterocycles. The van der Waals surface area contributed by atoms with Gasteiger partial charge in [0.25, 0.3) is 0 Å². The Bertz CT molecular complexity index is 406. The Morgan fingerprint density at radius 3 is 2.79 bits per heavy atom. The highest BCUT2D eigenvalue weighted by atomic mass is 32.2. The lowest BCUT2D eigenvalue weighted by Gasteiger charge is -2.51. The number of hydrogen-bond donors (Lipinski definition) is 2. The van der Waals surface area contributed by atoms with E-state index in [1.54, 1.807) is 7.11 Å². The van der Waals surface area contributed by atoms with Gasteiger partial charge in [0.1, 0.15) is 0 Å². The summed E-state index contributed by atoms with van der Waals surface area (Å²) in [4.78, 5) is 5.40. The molecule has 0 aromatic heterocycles. The quantitative estimate of drug-likeness (QED) is 0.507. The van der Waals surface area contributed by atoms with E-state index in [-0.39, 0.29) is 0 Å². The van der Waals surface area contributed by atoms with Crippen LogP contribution in [0.3, 0.4) is 0 Å². The molecular formula is C17H32N4OS2. The van der Waals surface area contributed by atoms with Gasteiger partial charge in [-0.1, -0.05) is 0 Å². The minimum absolute atomic E-state index is 0.652. The van der Waals surface area contributed by atoms with Crippen molar-refractivity contribution in [1.29, 1.82) is 0 Å². The third-order valence-electron chi connectivity index (χ3n) is 5.70. The zero-order valence-corrected chi connectivity index (χ0v) is 16.5. The van der Waals surface area contributed by atoms with Crippen LogP contribution in [0.2, 0.25) is 0 Å². The third kappa shape index (κ3) is 5.21. The molecule has 4 atom stereocenters. The second kappa shape index (κ2) is 9.57. The van der Waals surface area contributed by atoms with Crippen LogP contribution >= 0.6 is 24.0 Å². The molecule has 4 rings (SSSR count). The molecule has 4 fully saturated rings. The SMILES string of the molecule is COCCNC(=S)NC[C@H]1C[C@@H]2CCN1C[C@@H]2CN1CCSCC1. The maximum atomic E-state index is 5.35. The van der Waals surface area contributed by atoms with E-state index in [2.05, 4.69) is 32.2 Å². The fourth-order valence-electron chi connectivity index (χ4n) is 4.32. The molecule has 5 nitrogen and oxygen atoms in total. The first kappa shape index (κ1) is 18.7. The first-order valence-corrected chi connectivity index (χ1v) is 10.9. The van der Waals surface area contributed by atoms with Gasteiger partial charge in [-0.2, -0.15) is 11.8 Å². The van der Waals surface area contributed by atoms with E-state index in [1.807, 2.05) is 0 Å². The van der Waals surface area contributed by atoms with Crippen molar-refractivity contribution in [3.8, 4) is 0 Å². The van der Waals surface area contributed by atoms with E-state index in [1.165, 1.54) is 57.1 Å². The summed E-state index contributed by atoms with van der Waals surface area (Å²) in [7, 11) is 1.71. The molecule has 0 aromatic rings. The van der Waals surface area contributed by atoms with Gasteiger partial charge in [0.15, 0.2) is 5.11 Å². The van der Waals surface area contributed by atoms with Crippen LogP contribution < -0.4 is 10.6 Å². The van der Waals surface area contributed by atoms with Crippen molar-refractivity contribution in [1.82, 2.24) is 20.4 Å². The highest BCUT2D eigenvalue weighted by Gasteiger charge is 2.40. The first-order chi connectivity index (χ1) is 11.8. The molecule has 24 heavy (non-hydrogen) atoms. The van der Waals surface area contributed by atoms with Crippen LogP contribution in [-0.2, 0) is 4.74 Å². The molecule has 138 valence electrons. The summed E-state index contributed by atoms with van der Waals surface area (Å²) in [6.45, 7) is 8.89. The maximum Gasteiger partial charge on any atom is 0.166 e. The van der Waals surface area contributed by atoms with Crippen LogP contribution in [0, 0.1) is 11.8 Å². The van der Waals surface area contributed by atoms with E-state index in [4.69, 9.17) is 17.0 Å². The Labute approximate surface area is 156 Å². The fraction of sp³-hybridized carbons (Fsp3) is 0.941. The lowest BCUT2D eigenvalue weighted by molar-refractivity contribution is -0.00942. The van der Waals surface area contributed by atoms with Gasteiger partial charge in [-0.15, -0.1) is 0 Å². The minimum atomic E-state index is 0.652. The normalized spacial score (nSPS) is 33.4. The van der Waals surface area contributed by atoms with Crippen LogP contribution in [0.15, 0.2) is 0 Å². The molecule has 2 N–H and O–H groups in total. The van der Waals surface area contributed by atoms with Gasteiger partial charge >= 0.3 is 0 Å². The number of thiocarbonyl (C=S) groups is 1. The van der Waals surface area contributed by atoms with E-state index in [9.17, 15) is 0 Å². The van der Waals surface area contributed by atoms with Gasteiger partial charge < -0.3 is 20.3 Å². The summed E-state index contributed by atoms with van der Waals surface area (Å²) in [5.41, 5.74) is 0. The van der Waals surface area contributed by atoms with Crippen LogP contribution in [0.1, 0.15) is 12.8 Å². The van der Waals surface area contributed by atoms with E-state index in [0.29, 0.717) is 12.6 Å². The molecule has 0 saturated carbocycles. The van der Waals surface area contributed by atoms with E-state index < -0.39 is 0 Å². The zero-order chi connectivity index (χ0) is 16.8. The summed E-state index contributed by atoms with van der Waals surface area (Å²) in [6.07, 6.45) is 2.72. The number of piperidine rings is 3. The minimum Gasteiger partial charge on any atom is -0.383 e. The summed E-state index contributed by atoms with van der Waals surface area (Å²) in [5.74, 6) is 4.43. The Hall–Kier alpha value is -0.0800. The van der Waals surface area contributed by atoms with Crippen molar-refractivity contribution in [2.75, 3.05) is 71.0 Å². The van der Waals surface area contributed by atoms with Crippen molar-refractivity contribution >= 4 is 29.1 Å². The molecule has 0 spiro atoms. The Balaban J connectivity index is 1.39. The molecule has 0 amide bonds. The van der Waals surface area contributed by atoms with Crippen LogP contribution in [0.4, 0.5) is 0 Å². The van der Waals surface area contributed by atoms with Crippen molar-refractivity contribution in [3.05, 3.63) is 0 Å². The molecule has 2 bridgehead atoms. The topological polar surface area (TPSA) is 39.8 Å². The number of nitrogens with one attached hydrogen (secondary N) is 2. The lowest BCUT2D eigenvalue weighted by Crippen LogP contribution is -2.59.